The Bertz CT molecular complexity index is 597. The number of hydrogen-bond donors (Lipinski definition) is 1. The van der Waals surface area contributed by atoms with Gasteiger partial charge in [0.1, 0.15) is 6.61 Å². The molecule has 0 fully saturated rings. The standard InChI is InChI=1S/C14H10Br2INO2/c15-11-6-10(7-12(16)13(11)17)18-14(19)20-8-9-4-2-1-3-5-9/h1-7H,8H2,(H,18,19). The molecule has 3 nitrogen and oxygen atoms in total. The number of benzene rings is 2. The number of carbonyl (C=O) groups excluding carboxylic acids is 1. The molecule has 20 heavy (non-hydrogen) atoms. The molecule has 0 unspecified atom stereocenters. The van der Waals surface area contributed by atoms with Gasteiger partial charge in [-0.3, -0.25) is 5.32 Å². The minimum absolute atomic E-state index is 0.249. The van der Waals surface area contributed by atoms with Crippen molar-refractivity contribution in [3.8, 4) is 0 Å². The number of amides is 1. The molecular formula is C14H10Br2INO2. The maximum atomic E-state index is 11.7. The summed E-state index contributed by atoms with van der Waals surface area (Å²) in [5.41, 5.74) is 1.62. The van der Waals surface area contributed by atoms with E-state index in [1.165, 1.54) is 0 Å². The number of nitrogens with one attached hydrogen (secondary N) is 1. The number of ether oxygens (including phenoxy) is 1. The Morgan fingerprint density at radius 2 is 1.75 bits per heavy atom. The Morgan fingerprint density at radius 1 is 1.15 bits per heavy atom. The van der Waals surface area contributed by atoms with Gasteiger partial charge in [-0.25, -0.2) is 4.79 Å². The Kier molecular flexibility index (Phi) is 5.86. The normalized spacial score (nSPS) is 10.2. The molecule has 104 valence electrons. The van der Waals surface area contributed by atoms with Crippen molar-refractivity contribution >= 4 is 66.2 Å². The maximum Gasteiger partial charge on any atom is 0.411 e. The molecule has 0 bridgehead atoms. The number of carbonyl (C=O) groups is 1. The lowest BCUT2D eigenvalue weighted by Gasteiger charge is -2.09. The molecule has 6 heteroatoms. The van der Waals surface area contributed by atoms with Gasteiger partial charge in [0, 0.05) is 18.2 Å². The lowest BCUT2D eigenvalue weighted by atomic mass is 10.2. The van der Waals surface area contributed by atoms with E-state index in [0.717, 1.165) is 18.1 Å². The zero-order valence-electron chi connectivity index (χ0n) is 10.2. The van der Waals surface area contributed by atoms with Crippen LogP contribution in [0.25, 0.3) is 0 Å². The van der Waals surface area contributed by atoms with Gasteiger partial charge in [-0.2, -0.15) is 0 Å². The van der Waals surface area contributed by atoms with Gasteiger partial charge < -0.3 is 4.74 Å². The first-order chi connectivity index (χ1) is 9.56. The predicted octanol–water partition coefficient (Wildman–Crippen LogP) is 5.56. The summed E-state index contributed by atoms with van der Waals surface area (Å²) in [6.07, 6.45) is -0.478. The number of hydrogen-bond acceptors (Lipinski definition) is 2. The van der Waals surface area contributed by atoms with Gasteiger partial charge in [-0.1, -0.05) is 30.3 Å². The number of rotatable bonds is 3. The molecule has 2 aromatic rings. The van der Waals surface area contributed by atoms with E-state index in [4.69, 9.17) is 4.74 Å². The minimum Gasteiger partial charge on any atom is -0.444 e. The molecule has 2 aromatic carbocycles. The summed E-state index contributed by atoms with van der Waals surface area (Å²) < 4.78 is 8.02. The molecule has 0 aliphatic carbocycles. The molecule has 0 heterocycles. The Balaban J connectivity index is 1.95. The first-order valence-corrected chi connectivity index (χ1v) is 8.35. The van der Waals surface area contributed by atoms with E-state index in [1.807, 2.05) is 42.5 Å². The molecular weight excluding hydrogens is 501 g/mol. The third kappa shape index (κ3) is 4.46. The van der Waals surface area contributed by atoms with E-state index in [9.17, 15) is 4.79 Å². The average Bonchev–Trinajstić information content (AvgIpc) is 2.43. The van der Waals surface area contributed by atoms with Crippen LogP contribution in [0.15, 0.2) is 51.4 Å². The van der Waals surface area contributed by atoms with E-state index in [0.29, 0.717) is 5.69 Å². The predicted molar refractivity (Wildman–Crippen MR) is 94.8 cm³/mol. The van der Waals surface area contributed by atoms with Crippen LogP contribution in [0.3, 0.4) is 0 Å². The van der Waals surface area contributed by atoms with Crippen LogP contribution in [0.2, 0.25) is 0 Å². The third-order valence-electron chi connectivity index (χ3n) is 2.44. The second-order valence-corrected chi connectivity index (χ2v) is 6.73. The SMILES string of the molecule is O=C(Nc1cc(Br)c(I)c(Br)c1)OCc1ccccc1. The summed E-state index contributed by atoms with van der Waals surface area (Å²) in [4.78, 5) is 11.7. The molecule has 1 N–H and O–H groups in total. The van der Waals surface area contributed by atoms with Gasteiger partial charge in [-0.05, 0) is 72.1 Å². The summed E-state index contributed by atoms with van der Waals surface area (Å²) in [7, 11) is 0. The van der Waals surface area contributed by atoms with Crippen molar-refractivity contribution in [2.45, 2.75) is 6.61 Å². The zero-order valence-corrected chi connectivity index (χ0v) is 15.5. The first kappa shape index (κ1) is 15.8. The topological polar surface area (TPSA) is 38.3 Å². The van der Waals surface area contributed by atoms with Crippen LogP contribution in [0, 0.1) is 3.57 Å². The van der Waals surface area contributed by atoms with Gasteiger partial charge in [0.25, 0.3) is 0 Å². The van der Waals surface area contributed by atoms with Gasteiger partial charge in [0.15, 0.2) is 0 Å². The maximum absolute atomic E-state index is 11.7. The molecule has 0 aromatic heterocycles. The number of anilines is 1. The van der Waals surface area contributed by atoms with Crippen LogP contribution in [-0.2, 0) is 11.3 Å². The third-order valence-corrected chi connectivity index (χ3v) is 6.34. The van der Waals surface area contributed by atoms with Crippen LogP contribution in [-0.4, -0.2) is 6.09 Å². The number of halogens is 3. The first-order valence-electron chi connectivity index (χ1n) is 5.68. The van der Waals surface area contributed by atoms with E-state index >= 15 is 0 Å². The van der Waals surface area contributed by atoms with E-state index < -0.39 is 6.09 Å². The lowest BCUT2D eigenvalue weighted by molar-refractivity contribution is 0.155. The van der Waals surface area contributed by atoms with Crippen LogP contribution in [0.4, 0.5) is 10.5 Å². The fraction of sp³-hybridized carbons (Fsp3) is 0.0714. The van der Waals surface area contributed by atoms with Gasteiger partial charge in [0.2, 0.25) is 0 Å². The van der Waals surface area contributed by atoms with Crippen molar-refractivity contribution in [3.05, 3.63) is 60.5 Å². The highest BCUT2D eigenvalue weighted by molar-refractivity contribution is 14.1. The van der Waals surface area contributed by atoms with Crippen molar-refractivity contribution in [2.24, 2.45) is 0 Å². The lowest BCUT2D eigenvalue weighted by Crippen LogP contribution is -2.13. The highest BCUT2D eigenvalue weighted by atomic mass is 127. The second-order valence-electron chi connectivity index (χ2n) is 3.94. The molecule has 0 aliphatic rings. The van der Waals surface area contributed by atoms with Gasteiger partial charge >= 0.3 is 6.09 Å². The summed E-state index contributed by atoms with van der Waals surface area (Å²) in [6, 6.07) is 13.2. The quantitative estimate of drug-likeness (QED) is 0.433. The summed E-state index contributed by atoms with van der Waals surface area (Å²) in [6.45, 7) is 0.249. The molecule has 2 rings (SSSR count). The molecule has 0 saturated heterocycles. The van der Waals surface area contributed by atoms with Gasteiger partial charge in [-0.15, -0.1) is 0 Å². The van der Waals surface area contributed by atoms with Crippen molar-refractivity contribution in [2.75, 3.05) is 5.32 Å². The molecule has 0 saturated carbocycles. The van der Waals surface area contributed by atoms with E-state index in [2.05, 4.69) is 59.8 Å². The Morgan fingerprint density at radius 3 is 2.35 bits per heavy atom. The molecule has 1 amide bonds. The Hall–Kier alpha value is -0.600. The van der Waals surface area contributed by atoms with Crippen LogP contribution >= 0.6 is 54.5 Å². The second kappa shape index (κ2) is 7.42. The molecule has 0 atom stereocenters. The van der Waals surface area contributed by atoms with Crippen LogP contribution in [0.1, 0.15) is 5.56 Å². The fourth-order valence-corrected chi connectivity index (χ4v) is 3.00. The monoisotopic (exact) mass is 509 g/mol. The molecule has 0 spiro atoms. The highest BCUT2D eigenvalue weighted by Gasteiger charge is 2.08. The van der Waals surface area contributed by atoms with Gasteiger partial charge in [0.05, 0.1) is 0 Å². The van der Waals surface area contributed by atoms with Crippen LogP contribution in [0.5, 0.6) is 0 Å². The summed E-state index contributed by atoms with van der Waals surface area (Å²) in [5.74, 6) is 0. The average molecular weight is 511 g/mol. The van der Waals surface area contributed by atoms with E-state index in [-0.39, 0.29) is 6.61 Å². The Labute approximate surface area is 147 Å². The van der Waals surface area contributed by atoms with Crippen molar-refractivity contribution in [3.63, 3.8) is 0 Å². The smallest absolute Gasteiger partial charge is 0.411 e. The summed E-state index contributed by atoms with van der Waals surface area (Å²) >= 11 is 9.07. The van der Waals surface area contributed by atoms with Crippen molar-refractivity contribution in [1.82, 2.24) is 0 Å². The van der Waals surface area contributed by atoms with E-state index in [1.54, 1.807) is 0 Å². The minimum atomic E-state index is -0.478. The summed E-state index contributed by atoms with van der Waals surface area (Å²) in [5, 5.41) is 2.70. The van der Waals surface area contributed by atoms with Crippen LogP contribution < -0.4 is 5.32 Å². The van der Waals surface area contributed by atoms with Crippen molar-refractivity contribution < 1.29 is 9.53 Å². The molecule has 0 aliphatic heterocycles. The molecule has 0 radical (unpaired) electrons. The highest BCUT2D eigenvalue weighted by Crippen LogP contribution is 2.30. The van der Waals surface area contributed by atoms with Crippen molar-refractivity contribution in [1.29, 1.82) is 0 Å². The largest absolute Gasteiger partial charge is 0.444 e. The fourth-order valence-electron chi connectivity index (χ4n) is 1.50. The zero-order chi connectivity index (χ0) is 14.5.